The van der Waals surface area contributed by atoms with Gasteiger partial charge in [-0.1, -0.05) is 31.1 Å². The monoisotopic (exact) mass is 261 g/mol. The molecule has 0 radical (unpaired) electrons. The molecule has 0 aliphatic heterocycles. The van der Waals surface area contributed by atoms with E-state index in [0.29, 0.717) is 17.6 Å². The van der Waals surface area contributed by atoms with E-state index >= 15 is 0 Å². The summed E-state index contributed by atoms with van der Waals surface area (Å²) in [4.78, 5) is 4.31. The summed E-state index contributed by atoms with van der Waals surface area (Å²) < 4.78 is 10.6. The second-order valence-corrected chi connectivity index (χ2v) is 4.75. The van der Waals surface area contributed by atoms with E-state index in [9.17, 15) is 0 Å². The van der Waals surface area contributed by atoms with E-state index < -0.39 is 0 Å². The Bertz CT molecular complexity index is 576. The van der Waals surface area contributed by atoms with Crippen molar-refractivity contribution in [2.24, 2.45) is 5.73 Å². The lowest BCUT2D eigenvalue weighted by Gasteiger charge is -2.16. The first-order chi connectivity index (χ1) is 9.08. The highest BCUT2D eigenvalue weighted by Gasteiger charge is 2.20. The van der Waals surface area contributed by atoms with Crippen molar-refractivity contribution < 1.29 is 9.26 Å². The highest BCUT2D eigenvalue weighted by molar-refractivity contribution is 5.71. The minimum atomic E-state index is 0.234. The normalized spacial score (nSPS) is 11.1. The lowest BCUT2D eigenvalue weighted by molar-refractivity contribution is 0.379. The number of methoxy groups -OCH3 is 1. The maximum atomic E-state index is 5.51. The molecule has 2 N–H and O–H groups in total. The van der Waals surface area contributed by atoms with Crippen LogP contribution in [0.3, 0.4) is 0 Å². The zero-order valence-corrected chi connectivity index (χ0v) is 11.7. The van der Waals surface area contributed by atoms with Gasteiger partial charge >= 0.3 is 0 Å². The standard InChI is InChI=1S/C14H19N3O2/c1-8(2)10-6-5-9(3)13(18-4)12(10)14-16-11(7-15)19-17-14/h5-6,8H,7,15H2,1-4H3. The van der Waals surface area contributed by atoms with Crippen molar-refractivity contribution in [3.8, 4) is 17.1 Å². The number of hydrogen-bond donors (Lipinski definition) is 1. The number of nitrogens with two attached hydrogens (primary N) is 1. The number of aromatic nitrogens is 2. The molecule has 5 heteroatoms. The Balaban J connectivity index is 2.67. The first kappa shape index (κ1) is 13.5. The largest absolute Gasteiger partial charge is 0.496 e. The van der Waals surface area contributed by atoms with Crippen LogP contribution in [0.15, 0.2) is 16.7 Å². The Morgan fingerprint density at radius 1 is 1.37 bits per heavy atom. The number of nitrogens with zero attached hydrogens (tertiary/aromatic N) is 2. The predicted octanol–water partition coefficient (Wildman–Crippen LogP) is 2.64. The van der Waals surface area contributed by atoms with E-state index in [2.05, 4.69) is 30.1 Å². The number of ether oxygens (including phenoxy) is 1. The quantitative estimate of drug-likeness (QED) is 0.915. The molecular formula is C14H19N3O2. The number of benzene rings is 1. The van der Waals surface area contributed by atoms with Crippen molar-refractivity contribution >= 4 is 0 Å². The Kier molecular flexibility index (Phi) is 3.85. The molecule has 1 heterocycles. The first-order valence-electron chi connectivity index (χ1n) is 6.29. The molecule has 1 aromatic carbocycles. The molecule has 0 atom stereocenters. The molecule has 0 unspecified atom stereocenters. The topological polar surface area (TPSA) is 74.2 Å². The molecule has 0 aliphatic rings. The third kappa shape index (κ3) is 2.46. The van der Waals surface area contributed by atoms with E-state index in [1.54, 1.807) is 7.11 Å². The van der Waals surface area contributed by atoms with Gasteiger partial charge < -0.3 is 15.0 Å². The fourth-order valence-corrected chi connectivity index (χ4v) is 2.12. The van der Waals surface area contributed by atoms with Gasteiger partial charge in [-0.25, -0.2) is 0 Å². The van der Waals surface area contributed by atoms with Crippen LogP contribution < -0.4 is 10.5 Å². The van der Waals surface area contributed by atoms with Crippen LogP contribution in [0.2, 0.25) is 0 Å². The third-order valence-electron chi connectivity index (χ3n) is 3.08. The molecule has 2 aromatic rings. The molecule has 19 heavy (non-hydrogen) atoms. The first-order valence-corrected chi connectivity index (χ1v) is 6.29. The molecule has 102 valence electrons. The van der Waals surface area contributed by atoms with E-state index in [1.807, 2.05) is 13.0 Å². The van der Waals surface area contributed by atoms with Crippen molar-refractivity contribution in [2.45, 2.75) is 33.2 Å². The summed E-state index contributed by atoms with van der Waals surface area (Å²) in [5, 5.41) is 4.00. The smallest absolute Gasteiger partial charge is 0.240 e. The molecule has 0 saturated heterocycles. The summed E-state index contributed by atoms with van der Waals surface area (Å²) in [7, 11) is 1.65. The van der Waals surface area contributed by atoms with Crippen LogP contribution in [0.25, 0.3) is 11.4 Å². The van der Waals surface area contributed by atoms with Crippen molar-refractivity contribution in [2.75, 3.05) is 7.11 Å². The Morgan fingerprint density at radius 2 is 2.11 bits per heavy atom. The van der Waals surface area contributed by atoms with Gasteiger partial charge in [0.05, 0.1) is 19.2 Å². The van der Waals surface area contributed by atoms with E-state index in [4.69, 9.17) is 15.0 Å². The highest BCUT2D eigenvalue weighted by Crippen LogP contribution is 2.37. The van der Waals surface area contributed by atoms with Crippen LogP contribution in [0.4, 0.5) is 0 Å². The maximum absolute atomic E-state index is 5.51. The van der Waals surface area contributed by atoms with E-state index in [-0.39, 0.29) is 6.54 Å². The molecule has 0 fully saturated rings. The lowest BCUT2D eigenvalue weighted by Crippen LogP contribution is -2.00. The maximum Gasteiger partial charge on any atom is 0.240 e. The van der Waals surface area contributed by atoms with Gasteiger partial charge in [-0.05, 0) is 24.0 Å². The Morgan fingerprint density at radius 3 is 2.63 bits per heavy atom. The molecule has 0 spiro atoms. The van der Waals surface area contributed by atoms with Gasteiger partial charge in [0, 0.05) is 0 Å². The molecule has 1 aromatic heterocycles. The van der Waals surface area contributed by atoms with Crippen molar-refractivity contribution in [1.29, 1.82) is 0 Å². The number of hydrogen-bond acceptors (Lipinski definition) is 5. The molecule has 0 saturated carbocycles. The molecule has 5 nitrogen and oxygen atoms in total. The zero-order valence-electron chi connectivity index (χ0n) is 11.7. The van der Waals surface area contributed by atoms with Crippen molar-refractivity contribution in [3.63, 3.8) is 0 Å². The van der Waals surface area contributed by atoms with Gasteiger partial charge in [0.2, 0.25) is 11.7 Å². The summed E-state index contributed by atoms with van der Waals surface area (Å²) in [5.41, 5.74) is 8.58. The third-order valence-corrected chi connectivity index (χ3v) is 3.08. The van der Waals surface area contributed by atoms with Crippen molar-refractivity contribution in [1.82, 2.24) is 10.1 Å². The fraction of sp³-hybridized carbons (Fsp3) is 0.429. The van der Waals surface area contributed by atoms with E-state index in [1.165, 1.54) is 0 Å². The second kappa shape index (κ2) is 5.40. The van der Waals surface area contributed by atoms with Crippen LogP contribution in [0, 0.1) is 6.92 Å². The highest BCUT2D eigenvalue weighted by atomic mass is 16.5. The van der Waals surface area contributed by atoms with Gasteiger partial charge in [-0.3, -0.25) is 0 Å². The molecule has 0 aliphatic carbocycles. The molecule has 2 rings (SSSR count). The second-order valence-electron chi connectivity index (χ2n) is 4.75. The summed E-state index contributed by atoms with van der Waals surface area (Å²) in [5.74, 6) is 2.08. The van der Waals surface area contributed by atoms with Crippen LogP contribution in [-0.4, -0.2) is 17.3 Å². The summed E-state index contributed by atoms with van der Waals surface area (Å²) in [6, 6.07) is 4.12. The number of rotatable bonds is 4. The minimum absolute atomic E-state index is 0.234. The predicted molar refractivity (Wildman–Crippen MR) is 73.0 cm³/mol. The van der Waals surface area contributed by atoms with E-state index in [0.717, 1.165) is 22.4 Å². The SMILES string of the molecule is COc1c(C)ccc(C(C)C)c1-c1noc(CN)n1. The average Bonchev–Trinajstić information content (AvgIpc) is 2.86. The van der Waals surface area contributed by atoms with Crippen LogP contribution in [0.1, 0.15) is 36.8 Å². The van der Waals surface area contributed by atoms with Gasteiger partial charge in [-0.2, -0.15) is 4.98 Å². The minimum Gasteiger partial charge on any atom is -0.496 e. The van der Waals surface area contributed by atoms with Crippen LogP contribution >= 0.6 is 0 Å². The lowest BCUT2D eigenvalue weighted by atomic mass is 9.94. The van der Waals surface area contributed by atoms with Crippen molar-refractivity contribution in [3.05, 3.63) is 29.2 Å². The molecule has 0 bridgehead atoms. The van der Waals surface area contributed by atoms with Crippen LogP contribution in [0.5, 0.6) is 5.75 Å². The van der Waals surface area contributed by atoms with Crippen LogP contribution in [-0.2, 0) is 6.54 Å². The zero-order chi connectivity index (χ0) is 14.0. The fourth-order valence-electron chi connectivity index (χ4n) is 2.12. The van der Waals surface area contributed by atoms with Gasteiger partial charge in [0.25, 0.3) is 0 Å². The average molecular weight is 261 g/mol. The molecule has 0 amide bonds. The van der Waals surface area contributed by atoms with Gasteiger partial charge in [0.1, 0.15) is 5.75 Å². The number of aryl methyl sites for hydroxylation is 1. The summed E-state index contributed by atoms with van der Waals surface area (Å²) in [6.07, 6.45) is 0. The molecular weight excluding hydrogens is 242 g/mol. The summed E-state index contributed by atoms with van der Waals surface area (Å²) >= 11 is 0. The Hall–Kier alpha value is -1.88. The van der Waals surface area contributed by atoms with Gasteiger partial charge in [-0.15, -0.1) is 0 Å². The van der Waals surface area contributed by atoms with Gasteiger partial charge in [0.15, 0.2) is 0 Å². The Labute approximate surface area is 112 Å². The summed E-state index contributed by atoms with van der Waals surface area (Å²) in [6.45, 7) is 6.48.